The first-order valence-electron chi connectivity index (χ1n) is 13.8. The second-order valence-electron chi connectivity index (χ2n) is 11.2. The number of nitrogens with two attached hydrogens (primary N) is 1. The lowest BCUT2D eigenvalue weighted by Crippen LogP contribution is -2.40. The number of ether oxygens (including phenoxy) is 2. The van der Waals surface area contributed by atoms with Crippen LogP contribution in [0, 0.1) is 12.7 Å². The Morgan fingerprint density at radius 2 is 1.84 bits per heavy atom. The molecule has 0 bridgehead atoms. The zero-order valence-electron chi connectivity index (χ0n) is 24.2. The number of hydrogen-bond donors (Lipinski definition) is 3. The second-order valence-corrected chi connectivity index (χ2v) is 11.2. The van der Waals surface area contributed by atoms with Gasteiger partial charge in [0.25, 0.3) is 5.91 Å². The van der Waals surface area contributed by atoms with Crippen molar-refractivity contribution < 1.29 is 37.0 Å². The number of amides is 3. The van der Waals surface area contributed by atoms with E-state index in [4.69, 9.17) is 10.5 Å². The number of anilines is 3. The van der Waals surface area contributed by atoms with Gasteiger partial charge in [0.05, 0.1) is 29.2 Å². The average molecular weight is 621 g/mol. The Hall–Kier alpha value is -5.53. The minimum atomic E-state index is -3.23. The van der Waals surface area contributed by atoms with Gasteiger partial charge in [-0.15, -0.1) is 0 Å². The highest BCUT2D eigenvalue weighted by molar-refractivity contribution is 6.24. The Kier molecular flexibility index (Phi) is 7.14. The number of nitrogens with one attached hydrogen (secondary N) is 2. The molecule has 4 N–H and O–H groups in total. The van der Waals surface area contributed by atoms with Crippen molar-refractivity contribution in [2.75, 3.05) is 16.0 Å². The summed E-state index contributed by atoms with van der Waals surface area (Å²) in [5, 5.41) is 9.86. The summed E-state index contributed by atoms with van der Waals surface area (Å²) < 4.78 is 52.4. The summed E-state index contributed by atoms with van der Waals surface area (Å²) in [7, 11) is 0. The van der Waals surface area contributed by atoms with Crippen LogP contribution in [0.25, 0.3) is 5.69 Å². The van der Waals surface area contributed by atoms with Gasteiger partial charge in [-0.3, -0.25) is 9.59 Å². The molecule has 6 rings (SSSR count). The Labute approximate surface area is 254 Å². The number of carbonyl (C=O) groups is 3. The molecule has 14 heteroatoms. The molecule has 3 amide bonds. The predicted molar refractivity (Wildman–Crippen MR) is 158 cm³/mol. The highest BCUT2D eigenvalue weighted by atomic mass is 19.3. The number of halogens is 3. The fourth-order valence-corrected chi connectivity index (χ4v) is 5.37. The maximum Gasteiger partial charge on any atom is 0.387 e. The number of benzene rings is 3. The number of nitrogens with zero attached hydrogens (tertiary/aromatic N) is 3. The normalized spacial score (nSPS) is 16.9. The van der Waals surface area contributed by atoms with E-state index in [1.807, 2.05) is 0 Å². The second kappa shape index (κ2) is 10.9. The monoisotopic (exact) mass is 620 g/mol. The molecule has 232 valence electrons. The maximum absolute atomic E-state index is 14.0. The zero-order chi connectivity index (χ0) is 32.2. The number of hydrogen-bond acceptors (Lipinski definition) is 8. The van der Waals surface area contributed by atoms with Crippen molar-refractivity contribution in [3.8, 4) is 22.9 Å². The van der Waals surface area contributed by atoms with Crippen molar-refractivity contribution in [1.29, 1.82) is 0 Å². The van der Waals surface area contributed by atoms with Gasteiger partial charge in [-0.1, -0.05) is 12.1 Å². The van der Waals surface area contributed by atoms with E-state index >= 15 is 0 Å². The summed E-state index contributed by atoms with van der Waals surface area (Å²) in [6, 6.07) is 12.0. The molecule has 11 nitrogen and oxygen atoms in total. The van der Waals surface area contributed by atoms with Crippen LogP contribution < -0.4 is 30.7 Å². The molecular formula is C31H27F3N6O5. The lowest BCUT2D eigenvalue weighted by Gasteiger charge is -2.20. The Morgan fingerprint density at radius 1 is 1.09 bits per heavy atom. The number of imide groups is 1. The first-order valence-corrected chi connectivity index (χ1v) is 13.8. The SMILES string of the molecule is Cc1cc(Oc2ccccc2F)ccc1-n1ncc(C(=O)C2Cc3cc(OC(F)F)c(N4C(=O)NC(C)(C)C4=O)cc3N2)c1N. The standard InChI is InChI=1S/C31H27F3N6O5/c1-15-10-17(44-24-7-5-4-6-19(24)32)8-9-22(15)40-27(35)18(14-36-40)26(41)21-11-16-12-25(45-29(33)34)23(13-20(16)37-21)39-28(42)31(2,3)38-30(39)43/h4-10,12-14,21,29,37H,11,35H2,1-3H3,(H,38,43). The van der Waals surface area contributed by atoms with Gasteiger partial charge >= 0.3 is 12.6 Å². The number of aromatic nitrogens is 2. The van der Waals surface area contributed by atoms with E-state index in [0.29, 0.717) is 28.3 Å². The highest BCUT2D eigenvalue weighted by Crippen LogP contribution is 2.41. The number of fused-ring (bicyclic) bond motifs is 1. The van der Waals surface area contributed by atoms with E-state index in [2.05, 4.69) is 20.5 Å². The van der Waals surface area contributed by atoms with Gasteiger partial charge in [0.15, 0.2) is 23.1 Å². The molecule has 4 aromatic rings. The average Bonchev–Trinajstić information content (AvgIpc) is 3.62. The van der Waals surface area contributed by atoms with Gasteiger partial charge in [-0.05, 0) is 74.4 Å². The van der Waals surface area contributed by atoms with Crippen LogP contribution in [-0.2, 0) is 11.2 Å². The molecule has 3 heterocycles. The predicted octanol–water partition coefficient (Wildman–Crippen LogP) is 5.35. The van der Waals surface area contributed by atoms with Crippen LogP contribution in [0.1, 0.15) is 35.3 Å². The van der Waals surface area contributed by atoms with Crippen LogP contribution in [0.15, 0.2) is 60.8 Å². The van der Waals surface area contributed by atoms with E-state index in [0.717, 1.165) is 4.90 Å². The number of para-hydroxylation sites is 1. The molecule has 1 saturated heterocycles. The molecular weight excluding hydrogens is 593 g/mol. The minimum Gasteiger partial charge on any atom is -0.454 e. The largest absolute Gasteiger partial charge is 0.454 e. The highest BCUT2D eigenvalue weighted by Gasteiger charge is 2.47. The van der Waals surface area contributed by atoms with Crippen LogP contribution in [0.4, 0.5) is 35.2 Å². The van der Waals surface area contributed by atoms with Crippen molar-refractivity contribution in [1.82, 2.24) is 15.1 Å². The molecule has 0 aliphatic carbocycles. The van der Waals surface area contributed by atoms with Crippen molar-refractivity contribution in [3.05, 3.63) is 83.3 Å². The van der Waals surface area contributed by atoms with Gasteiger partial charge < -0.3 is 25.8 Å². The van der Waals surface area contributed by atoms with Crippen molar-refractivity contribution in [3.63, 3.8) is 0 Å². The van der Waals surface area contributed by atoms with Gasteiger partial charge in [-0.2, -0.15) is 13.9 Å². The van der Waals surface area contributed by atoms with E-state index in [1.54, 1.807) is 37.3 Å². The molecule has 0 spiro atoms. The van der Waals surface area contributed by atoms with Crippen molar-refractivity contribution in [2.24, 2.45) is 0 Å². The van der Waals surface area contributed by atoms with Crippen LogP contribution in [0.2, 0.25) is 0 Å². The molecule has 0 saturated carbocycles. The number of Topliss-reactive ketones (excluding diaryl/α,β-unsaturated/α-hetero) is 1. The summed E-state index contributed by atoms with van der Waals surface area (Å²) in [6.07, 6.45) is 1.42. The molecule has 45 heavy (non-hydrogen) atoms. The fraction of sp³-hybridized carbons (Fsp3) is 0.226. The summed E-state index contributed by atoms with van der Waals surface area (Å²) in [4.78, 5) is 39.9. The van der Waals surface area contributed by atoms with Crippen molar-refractivity contribution in [2.45, 2.75) is 45.4 Å². The Balaban J connectivity index is 1.25. The van der Waals surface area contributed by atoms with E-state index in [-0.39, 0.29) is 35.0 Å². The quantitative estimate of drug-likeness (QED) is 0.177. The van der Waals surface area contributed by atoms with Gasteiger partial charge in [0.1, 0.15) is 17.1 Å². The lowest BCUT2D eigenvalue weighted by atomic mass is 10.0. The summed E-state index contributed by atoms with van der Waals surface area (Å²) in [6.45, 7) is 1.53. The van der Waals surface area contributed by atoms with Crippen LogP contribution in [-0.4, -0.2) is 45.7 Å². The van der Waals surface area contributed by atoms with Gasteiger partial charge in [-0.25, -0.2) is 18.8 Å². The van der Waals surface area contributed by atoms with E-state index in [9.17, 15) is 27.6 Å². The number of ketones is 1. The number of aryl methyl sites for hydroxylation is 1. The van der Waals surface area contributed by atoms with E-state index in [1.165, 1.54) is 49.0 Å². The molecule has 1 atom stereocenters. The minimum absolute atomic E-state index is 0.0626. The number of urea groups is 1. The smallest absolute Gasteiger partial charge is 0.387 e. The first kappa shape index (κ1) is 29.5. The summed E-state index contributed by atoms with van der Waals surface area (Å²) in [5.74, 6) is -1.43. The topological polar surface area (TPSA) is 141 Å². The first-order chi connectivity index (χ1) is 21.3. The molecule has 1 fully saturated rings. The third-order valence-corrected chi connectivity index (χ3v) is 7.61. The Bertz CT molecular complexity index is 1870. The molecule has 1 unspecified atom stereocenters. The third kappa shape index (κ3) is 5.28. The number of carbonyl (C=O) groups excluding carboxylic acids is 3. The zero-order valence-corrected chi connectivity index (χ0v) is 24.2. The fourth-order valence-electron chi connectivity index (χ4n) is 5.37. The van der Waals surface area contributed by atoms with Gasteiger partial charge in [0.2, 0.25) is 0 Å². The van der Waals surface area contributed by atoms with E-state index < -0.39 is 41.7 Å². The number of nitrogen functional groups attached to an aromatic ring is 1. The maximum atomic E-state index is 14.0. The molecule has 2 aliphatic rings. The molecule has 2 aliphatic heterocycles. The third-order valence-electron chi connectivity index (χ3n) is 7.61. The van der Waals surface area contributed by atoms with Gasteiger partial charge in [0, 0.05) is 12.1 Å². The molecule has 1 aromatic heterocycles. The van der Waals surface area contributed by atoms with Crippen LogP contribution in [0.5, 0.6) is 17.2 Å². The Morgan fingerprint density at radius 3 is 2.51 bits per heavy atom. The van der Waals surface area contributed by atoms with Crippen molar-refractivity contribution >= 4 is 34.9 Å². The van der Waals surface area contributed by atoms with Crippen LogP contribution in [0.3, 0.4) is 0 Å². The number of alkyl halides is 2. The van der Waals surface area contributed by atoms with Crippen LogP contribution >= 0.6 is 0 Å². The number of rotatable bonds is 8. The summed E-state index contributed by atoms with van der Waals surface area (Å²) >= 11 is 0. The lowest BCUT2D eigenvalue weighted by molar-refractivity contribution is -0.121. The molecule has 3 aromatic carbocycles. The molecule has 0 radical (unpaired) electrons. The summed E-state index contributed by atoms with van der Waals surface area (Å²) in [5.41, 5.74) is 7.13.